The first-order valence-corrected chi connectivity index (χ1v) is 9.73. The van der Waals surface area contributed by atoms with E-state index in [0.29, 0.717) is 12.1 Å². The van der Waals surface area contributed by atoms with Gasteiger partial charge in [-0.2, -0.15) is 0 Å². The fourth-order valence-corrected chi connectivity index (χ4v) is 3.44. The molecule has 0 atom stereocenters. The molecule has 3 rings (SSSR count). The number of hydrogen-bond acceptors (Lipinski definition) is 3. The minimum absolute atomic E-state index is 0.0625. The molecule has 0 unspecified atom stereocenters. The summed E-state index contributed by atoms with van der Waals surface area (Å²) in [6.07, 6.45) is 0.903. The van der Waals surface area contributed by atoms with Crippen LogP contribution in [0.4, 0.5) is 18.9 Å². The summed E-state index contributed by atoms with van der Waals surface area (Å²) in [5, 5.41) is 4.05. The molecule has 0 amide bonds. The average molecular weight is 392 g/mol. The summed E-state index contributed by atoms with van der Waals surface area (Å²) in [7, 11) is 0. The third-order valence-corrected chi connectivity index (χ3v) is 4.99. The van der Waals surface area contributed by atoms with Gasteiger partial charge in [-0.3, -0.25) is 0 Å². The number of anilines is 1. The van der Waals surface area contributed by atoms with Crippen LogP contribution in [0.1, 0.15) is 36.2 Å². The van der Waals surface area contributed by atoms with Crippen molar-refractivity contribution in [3.63, 3.8) is 0 Å². The van der Waals surface area contributed by atoms with E-state index in [-0.39, 0.29) is 12.1 Å². The van der Waals surface area contributed by atoms with Gasteiger partial charge in [-0.1, -0.05) is 32.9 Å². The van der Waals surface area contributed by atoms with E-state index in [2.05, 4.69) is 17.2 Å². The summed E-state index contributed by atoms with van der Waals surface area (Å²) in [4.78, 5) is 5.78. The third-order valence-electron chi connectivity index (χ3n) is 3.88. The van der Waals surface area contributed by atoms with E-state index in [4.69, 9.17) is 0 Å². The standard InChI is InChI=1S/C19H17F3N2S.C2H6/c1-3-18-24-19(11(2)25-18)12-4-6-14(7-5-12)23-10-15-16(21)8-13(20)9-17(15)22;1-2/h4-9,23H,3,10H2,1-2H3;1-2H3. The smallest absolute Gasteiger partial charge is 0.134 e. The van der Waals surface area contributed by atoms with Gasteiger partial charge in [0.25, 0.3) is 0 Å². The highest BCUT2D eigenvalue weighted by atomic mass is 32.1. The van der Waals surface area contributed by atoms with Crippen LogP contribution in [0.2, 0.25) is 0 Å². The third kappa shape index (κ3) is 5.10. The molecule has 3 aromatic rings. The van der Waals surface area contributed by atoms with Gasteiger partial charge in [0.1, 0.15) is 17.5 Å². The molecular weight excluding hydrogens is 369 g/mol. The highest BCUT2D eigenvalue weighted by molar-refractivity contribution is 7.12. The van der Waals surface area contributed by atoms with Crippen LogP contribution in [0.15, 0.2) is 36.4 Å². The second-order valence-corrected chi connectivity index (χ2v) is 6.93. The molecule has 2 nitrogen and oxygen atoms in total. The predicted octanol–water partition coefficient (Wildman–Crippen LogP) is 6.74. The first-order chi connectivity index (χ1) is 13.0. The monoisotopic (exact) mass is 392 g/mol. The molecule has 0 aliphatic rings. The maximum atomic E-state index is 13.7. The molecule has 1 aromatic heterocycles. The number of nitrogens with zero attached hydrogens (tertiary/aromatic N) is 1. The minimum Gasteiger partial charge on any atom is -0.381 e. The largest absolute Gasteiger partial charge is 0.381 e. The van der Waals surface area contributed by atoms with Crippen molar-refractivity contribution in [3.8, 4) is 11.3 Å². The Morgan fingerprint density at radius 2 is 1.59 bits per heavy atom. The van der Waals surface area contributed by atoms with Gasteiger partial charge >= 0.3 is 0 Å². The van der Waals surface area contributed by atoms with Crippen molar-refractivity contribution >= 4 is 17.0 Å². The number of halogens is 3. The number of hydrogen-bond donors (Lipinski definition) is 1. The Labute approximate surface area is 162 Å². The van der Waals surface area contributed by atoms with Gasteiger partial charge in [0, 0.05) is 40.4 Å². The van der Waals surface area contributed by atoms with Crippen LogP contribution < -0.4 is 5.32 Å². The molecule has 0 spiro atoms. The molecule has 1 heterocycles. The molecule has 0 aliphatic heterocycles. The zero-order valence-electron chi connectivity index (χ0n) is 15.9. The quantitative estimate of drug-likeness (QED) is 0.520. The fraction of sp³-hybridized carbons (Fsp3) is 0.286. The van der Waals surface area contributed by atoms with E-state index in [0.717, 1.165) is 33.3 Å². The summed E-state index contributed by atoms with van der Waals surface area (Å²) >= 11 is 1.68. The molecule has 1 N–H and O–H groups in total. The molecule has 0 bridgehead atoms. The van der Waals surface area contributed by atoms with Gasteiger partial charge in [-0.15, -0.1) is 11.3 Å². The number of rotatable bonds is 5. The predicted molar refractivity (Wildman–Crippen MR) is 107 cm³/mol. The van der Waals surface area contributed by atoms with Crippen LogP contribution in [0.5, 0.6) is 0 Å². The van der Waals surface area contributed by atoms with Gasteiger partial charge in [-0.05, 0) is 25.5 Å². The van der Waals surface area contributed by atoms with E-state index in [1.807, 2.05) is 45.0 Å². The Bertz CT molecular complexity index is 866. The second-order valence-electron chi connectivity index (χ2n) is 5.64. The van der Waals surface area contributed by atoms with Crippen LogP contribution in [0, 0.1) is 24.4 Å². The van der Waals surface area contributed by atoms with Gasteiger partial charge in [0.15, 0.2) is 0 Å². The SMILES string of the molecule is CC.CCc1nc(-c2ccc(NCc3c(F)cc(F)cc3F)cc2)c(C)s1. The van der Waals surface area contributed by atoms with E-state index in [1.165, 1.54) is 0 Å². The number of nitrogens with one attached hydrogen (secondary N) is 1. The Morgan fingerprint density at radius 3 is 2.11 bits per heavy atom. The molecule has 0 fully saturated rings. The van der Waals surface area contributed by atoms with Gasteiger partial charge in [-0.25, -0.2) is 18.2 Å². The molecule has 144 valence electrons. The molecule has 0 saturated carbocycles. The molecule has 0 aliphatic carbocycles. The van der Waals surface area contributed by atoms with Crippen molar-refractivity contribution in [3.05, 3.63) is 69.3 Å². The lowest BCUT2D eigenvalue weighted by Gasteiger charge is -2.09. The van der Waals surface area contributed by atoms with E-state index >= 15 is 0 Å². The van der Waals surface area contributed by atoms with Crippen molar-refractivity contribution in [2.24, 2.45) is 0 Å². The first-order valence-electron chi connectivity index (χ1n) is 8.92. The Balaban J connectivity index is 0.00000126. The molecular formula is C21H23F3N2S. The molecule has 2 aromatic carbocycles. The topological polar surface area (TPSA) is 24.9 Å². The molecule has 6 heteroatoms. The lowest BCUT2D eigenvalue weighted by Crippen LogP contribution is -2.05. The maximum absolute atomic E-state index is 13.7. The summed E-state index contributed by atoms with van der Waals surface area (Å²) in [6, 6.07) is 8.86. The molecule has 0 saturated heterocycles. The lowest BCUT2D eigenvalue weighted by atomic mass is 10.1. The molecule has 0 radical (unpaired) electrons. The zero-order chi connectivity index (χ0) is 20.0. The van der Waals surface area contributed by atoms with Crippen molar-refractivity contribution in [1.82, 2.24) is 4.98 Å². The van der Waals surface area contributed by atoms with Crippen LogP contribution in [-0.2, 0) is 13.0 Å². The van der Waals surface area contributed by atoms with Gasteiger partial charge < -0.3 is 5.32 Å². The first kappa shape index (κ1) is 21.0. The summed E-state index contributed by atoms with van der Waals surface area (Å²) < 4.78 is 40.2. The summed E-state index contributed by atoms with van der Waals surface area (Å²) in [6.45, 7) is 8.05. The number of benzene rings is 2. The highest BCUT2D eigenvalue weighted by Crippen LogP contribution is 2.28. The van der Waals surface area contributed by atoms with Crippen molar-refractivity contribution in [1.29, 1.82) is 0 Å². The van der Waals surface area contributed by atoms with Crippen LogP contribution in [0.3, 0.4) is 0 Å². The summed E-state index contributed by atoms with van der Waals surface area (Å²) in [5.74, 6) is -2.72. The Kier molecular flexibility index (Phi) is 7.42. The van der Waals surface area contributed by atoms with Crippen LogP contribution in [0.25, 0.3) is 11.3 Å². The average Bonchev–Trinajstić information content (AvgIpc) is 3.04. The van der Waals surface area contributed by atoms with E-state index in [9.17, 15) is 13.2 Å². The number of aromatic nitrogens is 1. The van der Waals surface area contributed by atoms with Crippen LogP contribution >= 0.6 is 11.3 Å². The van der Waals surface area contributed by atoms with Crippen molar-refractivity contribution in [2.45, 2.75) is 40.7 Å². The summed E-state index contributed by atoms with van der Waals surface area (Å²) in [5.41, 5.74) is 2.49. The highest BCUT2D eigenvalue weighted by Gasteiger charge is 2.12. The Hall–Kier alpha value is -2.34. The van der Waals surface area contributed by atoms with Crippen LogP contribution in [-0.4, -0.2) is 4.98 Å². The van der Waals surface area contributed by atoms with Gasteiger partial charge in [0.2, 0.25) is 0 Å². The van der Waals surface area contributed by atoms with Crippen molar-refractivity contribution in [2.75, 3.05) is 5.32 Å². The molecule has 27 heavy (non-hydrogen) atoms. The number of thiazole rings is 1. The minimum atomic E-state index is -0.923. The fourth-order valence-electron chi connectivity index (χ4n) is 2.55. The zero-order valence-corrected chi connectivity index (χ0v) is 16.7. The second kappa shape index (κ2) is 9.55. The normalized spacial score (nSPS) is 10.3. The van der Waals surface area contributed by atoms with E-state index < -0.39 is 17.5 Å². The van der Waals surface area contributed by atoms with Gasteiger partial charge in [0.05, 0.1) is 10.7 Å². The maximum Gasteiger partial charge on any atom is 0.134 e. The van der Waals surface area contributed by atoms with E-state index in [1.54, 1.807) is 11.3 Å². The van der Waals surface area contributed by atoms with Crippen molar-refractivity contribution < 1.29 is 13.2 Å². The lowest BCUT2D eigenvalue weighted by molar-refractivity contribution is 0.527. The Morgan fingerprint density at radius 1 is 1.00 bits per heavy atom. The number of aryl methyl sites for hydroxylation is 2.